The van der Waals surface area contributed by atoms with Crippen molar-refractivity contribution in [2.45, 2.75) is 65.5 Å². The molecule has 3 N–H and O–H groups in total. The van der Waals surface area contributed by atoms with Crippen molar-refractivity contribution in [2.75, 3.05) is 13.7 Å². The van der Waals surface area contributed by atoms with E-state index >= 15 is 0 Å². The van der Waals surface area contributed by atoms with E-state index in [2.05, 4.69) is 37.5 Å². The molecule has 1 aromatic rings. The molecule has 5 saturated carbocycles. The summed E-state index contributed by atoms with van der Waals surface area (Å²) in [5.41, 5.74) is -0.306. The van der Waals surface area contributed by atoms with E-state index in [1.54, 1.807) is 13.0 Å². The van der Waals surface area contributed by atoms with Crippen LogP contribution in [0.25, 0.3) is 0 Å². The summed E-state index contributed by atoms with van der Waals surface area (Å²) >= 11 is 0. The zero-order valence-electron chi connectivity index (χ0n) is 22.7. The number of carbonyl (C=O) groups excluding carboxylic acids is 2. The van der Waals surface area contributed by atoms with Crippen molar-refractivity contribution in [3.05, 3.63) is 23.3 Å². The van der Waals surface area contributed by atoms with Gasteiger partial charge in [0.2, 0.25) is 5.91 Å². The second-order valence-corrected chi connectivity index (χ2v) is 13.0. The number of carboxylic acid groups (broad SMARTS) is 1. The predicted octanol–water partition coefficient (Wildman–Crippen LogP) is 3.36. The largest absolute Gasteiger partial charge is 0.496 e. The highest BCUT2D eigenvalue weighted by atomic mass is 16.5. The Morgan fingerprint density at radius 3 is 2.32 bits per heavy atom. The molecule has 2 amide bonds. The number of hydrogen-bond donors (Lipinski definition) is 3. The number of nitrogens with one attached hydrogen (secondary N) is 2. The highest BCUT2D eigenvalue weighted by Crippen LogP contribution is 2.83. The van der Waals surface area contributed by atoms with Crippen molar-refractivity contribution in [1.29, 1.82) is 5.26 Å². The SMILES string of the molecule is COc1cc(C#N)c(OC2CCC(C)(C(=O)O)CC2)cc1C(=O)N[C@@H]1C2C3C2C3[C@@H]1C(=O)NCC(C)(C)C. The number of amides is 2. The van der Waals surface area contributed by atoms with Gasteiger partial charge in [-0.15, -0.1) is 0 Å². The van der Waals surface area contributed by atoms with Gasteiger partial charge >= 0.3 is 5.97 Å². The maximum Gasteiger partial charge on any atom is 0.309 e. The fourth-order valence-corrected chi connectivity index (χ4v) is 6.63. The third-order valence-electron chi connectivity index (χ3n) is 9.06. The van der Waals surface area contributed by atoms with E-state index in [9.17, 15) is 24.8 Å². The van der Waals surface area contributed by atoms with Crippen LogP contribution in [0.5, 0.6) is 11.5 Å². The second-order valence-electron chi connectivity index (χ2n) is 13.0. The van der Waals surface area contributed by atoms with Crippen molar-refractivity contribution in [3.8, 4) is 17.6 Å². The summed E-state index contributed by atoms with van der Waals surface area (Å²) in [5.74, 6) is 0.929. The molecule has 6 rings (SSSR count). The Labute approximate surface area is 223 Å². The number of nitrogens with zero attached hydrogens (tertiary/aromatic N) is 1. The molecule has 0 heterocycles. The first-order valence-corrected chi connectivity index (χ1v) is 13.5. The van der Waals surface area contributed by atoms with Crippen molar-refractivity contribution in [2.24, 2.45) is 40.4 Å². The van der Waals surface area contributed by atoms with Gasteiger partial charge in [-0.3, -0.25) is 14.4 Å². The van der Waals surface area contributed by atoms with Gasteiger partial charge in [0, 0.05) is 18.7 Å². The number of methoxy groups -OCH3 is 1. The fourth-order valence-electron chi connectivity index (χ4n) is 6.63. The van der Waals surface area contributed by atoms with Gasteiger partial charge in [0.05, 0.1) is 35.7 Å². The van der Waals surface area contributed by atoms with Crippen LogP contribution in [0.15, 0.2) is 12.1 Å². The van der Waals surface area contributed by atoms with Gasteiger partial charge in [-0.25, -0.2) is 0 Å². The molecule has 0 aliphatic heterocycles. The summed E-state index contributed by atoms with van der Waals surface area (Å²) in [6.07, 6.45) is 1.79. The Balaban J connectivity index is 1.31. The summed E-state index contributed by atoms with van der Waals surface area (Å²) in [7, 11) is 1.45. The van der Waals surface area contributed by atoms with Crippen molar-refractivity contribution in [1.82, 2.24) is 10.6 Å². The number of benzene rings is 1. The van der Waals surface area contributed by atoms with Crippen LogP contribution in [0.1, 0.15) is 69.3 Å². The summed E-state index contributed by atoms with van der Waals surface area (Å²) in [6, 6.07) is 4.93. The Bertz CT molecular complexity index is 1200. The van der Waals surface area contributed by atoms with Gasteiger partial charge in [0.15, 0.2) is 0 Å². The maximum atomic E-state index is 13.5. The number of rotatable bonds is 8. The van der Waals surface area contributed by atoms with E-state index in [4.69, 9.17) is 9.47 Å². The molecular formula is C29H37N3O6. The maximum absolute atomic E-state index is 13.5. The molecule has 0 saturated heterocycles. The van der Waals surface area contributed by atoms with E-state index in [-0.39, 0.29) is 57.9 Å². The molecule has 2 unspecified atom stereocenters. The van der Waals surface area contributed by atoms with Gasteiger partial charge in [-0.2, -0.15) is 5.26 Å². The predicted molar refractivity (Wildman–Crippen MR) is 138 cm³/mol. The lowest BCUT2D eigenvalue weighted by atomic mass is 9.75. The normalized spacial score (nSPS) is 34.4. The summed E-state index contributed by atoms with van der Waals surface area (Å²) in [5, 5.41) is 25.4. The lowest BCUT2D eigenvalue weighted by Crippen LogP contribution is -2.46. The third kappa shape index (κ3) is 4.59. The van der Waals surface area contributed by atoms with Crippen LogP contribution in [0.3, 0.4) is 0 Å². The first kappa shape index (κ1) is 26.3. The first-order valence-electron chi connectivity index (χ1n) is 13.5. The van der Waals surface area contributed by atoms with Crippen LogP contribution in [0.4, 0.5) is 0 Å². The molecule has 4 atom stereocenters. The Morgan fingerprint density at radius 1 is 1.11 bits per heavy atom. The third-order valence-corrected chi connectivity index (χ3v) is 9.06. The molecule has 0 radical (unpaired) electrons. The van der Waals surface area contributed by atoms with Gasteiger partial charge in [0.1, 0.15) is 17.6 Å². The number of aliphatic carboxylic acids is 1. The monoisotopic (exact) mass is 523 g/mol. The summed E-state index contributed by atoms with van der Waals surface area (Å²) in [6.45, 7) is 8.53. The number of nitriles is 1. The van der Waals surface area contributed by atoms with Crippen LogP contribution >= 0.6 is 0 Å². The standard InChI is InChI=1S/C29H37N3O6/c1-28(2,3)13-31-26(34)23-21-19-20(21)22(19)24(23)32-25(33)16-11-17(14(12-30)10-18(16)37-5)38-15-6-8-29(4,9-7-15)27(35)36/h10-11,15,19-24H,6-9,13H2,1-5H3,(H,31,34)(H,32,33)(H,35,36)/t15?,19?,20?,21?,22?,23-,24+,29?/m0/s1. The number of carbonyl (C=O) groups is 3. The first-order chi connectivity index (χ1) is 17.9. The molecule has 0 spiro atoms. The van der Waals surface area contributed by atoms with E-state index in [1.165, 1.54) is 13.2 Å². The minimum Gasteiger partial charge on any atom is -0.496 e. The average molecular weight is 524 g/mol. The average Bonchev–Trinajstić information content (AvgIpc) is 3.71. The van der Waals surface area contributed by atoms with E-state index in [0.29, 0.717) is 55.9 Å². The lowest BCUT2D eigenvalue weighted by molar-refractivity contribution is -0.150. The van der Waals surface area contributed by atoms with Crippen LogP contribution in [0, 0.1) is 51.8 Å². The highest BCUT2D eigenvalue weighted by molar-refractivity contribution is 5.98. The number of fused-ring (bicyclic) bond motifs is 1. The van der Waals surface area contributed by atoms with Crippen molar-refractivity contribution < 1.29 is 29.0 Å². The second kappa shape index (κ2) is 9.18. The van der Waals surface area contributed by atoms with Crippen LogP contribution in [-0.2, 0) is 9.59 Å². The number of hydrogen-bond acceptors (Lipinski definition) is 6. The Hall–Kier alpha value is -3.28. The van der Waals surface area contributed by atoms with E-state index in [1.807, 2.05) is 0 Å². The van der Waals surface area contributed by atoms with E-state index < -0.39 is 11.4 Å². The molecule has 2 bridgehead atoms. The topological polar surface area (TPSA) is 138 Å². The zero-order chi connectivity index (χ0) is 27.6. The number of ether oxygens (including phenoxy) is 2. The van der Waals surface area contributed by atoms with Gasteiger partial charge in [0.25, 0.3) is 5.91 Å². The number of carboxylic acids is 1. The minimum absolute atomic E-state index is 0.00389. The van der Waals surface area contributed by atoms with Crippen LogP contribution in [-0.4, -0.2) is 48.7 Å². The Morgan fingerprint density at radius 2 is 1.76 bits per heavy atom. The molecule has 0 aromatic heterocycles. The molecule has 5 fully saturated rings. The molecule has 204 valence electrons. The van der Waals surface area contributed by atoms with Crippen molar-refractivity contribution in [3.63, 3.8) is 0 Å². The minimum atomic E-state index is -0.811. The summed E-state index contributed by atoms with van der Waals surface area (Å²) in [4.78, 5) is 38.2. The molecule has 9 nitrogen and oxygen atoms in total. The van der Waals surface area contributed by atoms with Gasteiger partial charge < -0.3 is 25.2 Å². The van der Waals surface area contributed by atoms with Crippen molar-refractivity contribution >= 4 is 17.8 Å². The highest BCUT2D eigenvalue weighted by Gasteiger charge is 2.85. The molecule has 5 aliphatic rings. The fraction of sp³-hybridized carbons (Fsp3) is 0.655. The zero-order valence-corrected chi connectivity index (χ0v) is 22.7. The molecule has 5 aliphatic carbocycles. The molecular weight excluding hydrogens is 486 g/mol. The van der Waals surface area contributed by atoms with Gasteiger partial charge in [-0.1, -0.05) is 20.8 Å². The lowest BCUT2D eigenvalue weighted by Gasteiger charge is -2.34. The van der Waals surface area contributed by atoms with Crippen LogP contribution in [0.2, 0.25) is 0 Å². The molecule has 38 heavy (non-hydrogen) atoms. The van der Waals surface area contributed by atoms with Crippen LogP contribution < -0.4 is 20.1 Å². The Kier molecular flexibility index (Phi) is 6.36. The molecule has 9 heteroatoms. The van der Waals surface area contributed by atoms with Gasteiger partial charge in [-0.05, 0) is 67.8 Å². The smallest absolute Gasteiger partial charge is 0.309 e. The van der Waals surface area contributed by atoms with E-state index in [0.717, 1.165) is 0 Å². The summed E-state index contributed by atoms with van der Waals surface area (Å²) < 4.78 is 11.6. The molecule has 1 aromatic carbocycles. The quantitative estimate of drug-likeness (QED) is 0.475.